The minimum atomic E-state index is -1.28. The predicted octanol–water partition coefficient (Wildman–Crippen LogP) is 0.201. The molecule has 4 unspecified atom stereocenters. The second-order valence-electron chi connectivity index (χ2n) is 4.56. The van der Waals surface area contributed by atoms with E-state index in [4.69, 9.17) is 9.47 Å². The van der Waals surface area contributed by atoms with Gasteiger partial charge in [0.2, 0.25) is 6.29 Å². The molecular weight excluding hydrogens is 236 g/mol. The van der Waals surface area contributed by atoms with E-state index in [0.29, 0.717) is 5.75 Å². The van der Waals surface area contributed by atoms with E-state index in [-0.39, 0.29) is 0 Å². The van der Waals surface area contributed by atoms with Crippen LogP contribution >= 0.6 is 0 Å². The Morgan fingerprint density at radius 3 is 2.39 bits per heavy atom. The number of benzene rings is 1. The minimum Gasteiger partial charge on any atom is -0.462 e. The van der Waals surface area contributed by atoms with Crippen molar-refractivity contribution in [3.63, 3.8) is 0 Å². The van der Waals surface area contributed by atoms with Crippen LogP contribution in [0.2, 0.25) is 0 Å². The Hall–Kier alpha value is -1.14. The summed E-state index contributed by atoms with van der Waals surface area (Å²) >= 11 is 0. The van der Waals surface area contributed by atoms with Crippen molar-refractivity contribution in [2.75, 3.05) is 0 Å². The van der Waals surface area contributed by atoms with Gasteiger partial charge in [-0.05, 0) is 25.5 Å². The lowest BCUT2D eigenvalue weighted by Crippen LogP contribution is -2.58. The van der Waals surface area contributed by atoms with Gasteiger partial charge in [-0.2, -0.15) is 0 Å². The average molecular weight is 254 g/mol. The molecule has 1 aliphatic heterocycles. The molecule has 0 bridgehead atoms. The highest BCUT2D eigenvalue weighted by Crippen LogP contribution is 2.25. The smallest absolute Gasteiger partial charge is 0.229 e. The molecule has 1 aromatic rings. The van der Waals surface area contributed by atoms with E-state index >= 15 is 0 Å². The van der Waals surface area contributed by atoms with E-state index in [1.165, 1.54) is 0 Å². The van der Waals surface area contributed by atoms with Crippen LogP contribution in [0.5, 0.6) is 5.75 Å². The van der Waals surface area contributed by atoms with E-state index in [2.05, 4.69) is 0 Å². The Balaban J connectivity index is 2.12. The molecule has 100 valence electrons. The van der Waals surface area contributed by atoms with Crippen LogP contribution in [0, 0.1) is 6.92 Å². The minimum absolute atomic E-state index is 0.581. The summed E-state index contributed by atoms with van der Waals surface area (Å²) in [6, 6.07) is 7.32. The Morgan fingerprint density at radius 2 is 1.72 bits per heavy atom. The van der Waals surface area contributed by atoms with Crippen molar-refractivity contribution in [2.45, 2.75) is 44.6 Å². The zero-order valence-electron chi connectivity index (χ0n) is 10.4. The molecule has 3 N–H and O–H groups in total. The van der Waals surface area contributed by atoms with E-state index in [0.717, 1.165) is 5.56 Å². The summed E-state index contributed by atoms with van der Waals surface area (Å²) in [5.41, 5.74) is 0.904. The Bertz CT molecular complexity index is 408. The SMILES string of the molecule is Cc1ccccc1O[C@@H]1OC(C)C(O)C(O)C1O. The van der Waals surface area contributed by atoms with Gasteiger partial charge in [-0.3, -0.25) is 0 Å². The van der Waals surface area contributed by atoms with Gasteiger partial charge < -0.3 is 24.8 Å². The third kappa shape index (κ3) is 2.49. The Labute approximate surface area is 106 Å². The van der Waals surface area contributed by atoms with Crippen molar-refractivity contribution < 1.29 is 24.8 Å². The number of aliphatic hydroxyl groups excluding tert-OH is 3. The quantitative estimate of drug-likeness (QED) is 0.702. The van der Waals surface area contributed by atoms with Crippen LogP contribution in [-0.4, -0.2) is 46.0 Å². The van der Waals surface area contributed by atoms with Crippen LogP contribution in [-0.2, 0) is 4.74 Å². The summed E-state index contributed by atoms with van der Waals surface area (Å²) in [6.07, 6.45) is -5.26. The molecule has 1 aliphatic rings. The molecule has 0 radical (unpaired) electrons. The van der Waals surface area contributed by atoms with Gasteiger partial charge in [-0.1, -0.05) is 18.2 Å². The molecule has 1 heterocycles. The summed E-state index contributed by atoms with van der Waals surface area (Å²) in [5.74, 6) is 0.581. The maximum absolute atomic E-state index is 9.82. The van der Waals surface area contributed by atoms with E-state index in [9.17, 15) is 15.3 Å². The fourth-order valence-corrected chi connectivity index (χ4v) is 1.92. The maximum Gasteiger partial charge on any atom is 0.229 e. The molecule has 0 aromatic heterocycles. The van der Waals surface area contributed by atoms with Crippen molar-refractivity contribution in [1.82, 2.24) is 0 Å². The first-order valence-electron chi connectivity index (χ1n) is 5.92. The molecule has 0 spiro atoms. The highest BCUT2D eigenvalue weighted by atomic mass is 16.7. The zero-order chi connectivity index (χ0) is 13.3. The van der Waals surface area contributed by atoms with Crippen molar-refractivity contribution in [3.8, 4) is 5.75 Å². The summed E-state index contributed by atoms with van der Waals surface area (Å²) < 4.78 is 10.9. The normalized spacial score (nSPS) is 36.4. The number of rotatable bonds is 2. The van der Waals surface area contributed by atoms with E-state index in [1.54, 1.807) is 13.0 Å². The predicted molar refractivity (Wildman–Crippen MR) is 64.2 cm³/mol. The molecule has 0 amide bonds. The van der Waals surface area contributed by atoms with Crippen molar-refractivity contribution >= 4 is 0 Å². The van der Waals surface area contributed by atoms with Gasteiger partial charge in [-0.25, -0.2) is 0 Å². The average Bonchev–Trinajstić information content (AvgIpc) is 2.36. The standard InChI is InChI=1S/C13H18O5/c1-7-5-3-4-6-9(7)18-13-12(16)11(15)10(14)8(2)17-13/h3-6,8,10-16H,1-2H3/t8?,10?,11?,12?,13-/m0/s1. The molecule has 18 heavy (non-hydrogen) atoms. The van der Waals surface area contributed by atoms with E-state index < -0.39 is 30.7 Å². The third-order valence-corrected chi connectivity index (χ3v) is 3.15. The maximum atomic E-state index is 9.82. The lowest BCUT2D eigenvalue weighted by molar-refractivity contribution is -0.268. The van der Waals surface area contributed by atoms with Gasteiger partial charge in [-0.15, -0.1) is 0 Å². The summed E-state index contributed by atoms with van der Waals surface area (Å²) in [7, 11) is 0. The molecule has 1 fully saturated rings. The Morgan fingerprint density at radius 1 is 1.06 bits per heavy atom. The van der Waals surface area contributed by atoms with Crippen LogP contribution in [0.25, 0.3) is 0 Å². The molecule has 5 heteroatoms. The molecule has 2 rings (SSSR count). The van der Waals surface area contributed by atoms with Gasteiger partial charge in [0.15, 0.2) is 0 Å². The van der Waals surface area contributed by atoms with Gasteiger partial charge in [0.1, 0.15) is 24.1 Å². The molecule has 0 saturated carbocycles. The van der Waals surface area contributed by atoms with Gasteiger partial charge in [0.25, 0.3) is 0 Å². The van der Waals surface area contributed by atoms with Crippen molar-refractivity contribution in [3.05, 3.63) is 29.8 Å². The lowest BCUT2D eigenvalue weighted by Gasteiger charge is -2.39. The molecule has 5 nitrogen and oxygen atoms in total. The second-order valence-corrected chi connectivity index (χ2v) is 4.56. The highest BCUT2D eigenvalue weighted by molar-refractivity contribution is 5.31. The summed E-state index contributed by atoms with van der Waals surface area (Å²) in [4.78, 5) is 0. The lowest BCUT2D eigenvalue weighted by atomic mass is 10.00. The first-order chi connectivity index (χ1) is 8.50. The zero-order valence-corrected chi connectivity index (χ0v) is 10.4. The molecule has 1 aromatic carbocycles. The number of para-hydroxylation sites is 1. The monoisotopic (exact) mass is 254 g/mol. The van der Waals surface area contributed by atoms with Crippen molar-refractivity contribution in [1.29, 1.82) is 0 Å². The molecule has 1 saturated heterocycles. The number of hydrogen-bond acceptors (Lipinski definition) is 5. The van der Waals surface area contributed by atoms with Crippen LogP contribution in [0.3, 0.4) is 0 Å². The number of aliphatic hydroxyl groups is 3. The number of hydrogen-bond donors (Lipinski definition) is 3. The summed E-state index contributed by atoms with van der Waals surface area (Å²) in [6.45, 7) is 3.49. The van der Waals surface area contributed by atoms with Crippen LogP contribution in [0.1, 0.15) is 12.5 Å². The third-order valence-electron chi connectivity index (χ3n) is 3.15. The Kier molecular flexibility index (Phi) is 3.87. The first kappa shape index (κ1) is 13.3. The topological polar surface area (TPSA) is 79.2 Å². The van der Waals surface area contributed by atoms with Gasteiger partial charge in [0.05, 0.1) is 6.10 Å². The first-order valence-corrected chi connectivity index (χ1v) is 5.92. The fraction of sp³-hybridized carbons (Fsp3) is 0.538. The summed E-state index contributed by atoms with van der Waals surface area (Å²) in [5, 5.41) is 29.1. The largest absolute Gasteiger partial charge is 0.462 e. The number of ether oxygens (including phenoxy) is 2. The second kappa shape index (κ2) is 5.24. The van der Waals surface area contributed by atoms with Crippen LogP contribution < -0.4 is 4.74 Å². The molecular formula is C13H18O5. The molecule has 0 aliphatic carbocycles. The van der Waals surface area contributed by atoms with Crippen LogP contribution in [0.4, 0.5) is 0 Å². The van der Waals surface area contributed by atoms with Crippen molar-refractivity contribution in [2.24, 2.45) is 0 Å². The number of aryl methyl sites for hydroxylation is 1. The van der Waals surface area contributed by atoms with Crippen LogP contribution in [0.15, 0.2) is 24.3 Å². The highest BCUT2D eigenvalue weighted by Gasteiger charge is 2.43. The van der Waals surface area contributed by atoms with Gasteiger partial charge >= 0.3 is 0 Å². The van der Waals surface area contributed by atoms with E-state index in [1.807, 2.05) is 25.1 Å². The fourth-order valence-electron chi connectivity index (χ4n) is 1.92. The molecule has 5 atom stereocenters. The van der Waals surface area contributed by atoms with Gasteiger partial charge in [0, 0.05) is 0 Å².